The zero-order valence-electron chi connectivity index (χ0n) is 16.2. The molecule has 11 nitrogen and oxygen atoms in total. The van der Waals surface area contributed by atoms with Crippen LogP contribution in [0.3, 0.4) is 0 Å². The van der Waals surface area contributed by atoms with Crippen LogP contribution >= 0.6 is 35.5 Å². The number of ether oxygens (including phenoxy) is 1. The Hall–Kier alpha value is -2.77. The van der Waals surface area contributed by atoms with Gasteiger partial charge in [0.05, 0.1) is 11.3 Å². The van der Waals surface area contributed by atoms with E-state index in [-0.39, 0.29) is 36.0 Å². The summed E-state index contributed by atoms with van der Waals surface area (Å²) in [5, 5.41) is 13.6. The van der Waals surface area contributed by atoms with Crippen LogP contribution in [0.4, 0.5) is 9.93 Å². The van der Waals surface area contributed by atoms with Gasteiger partial charge < -0.3 is 26.6 Å². The number of nitrogens with two attached hydrogens (primary N) is 2. The Morgan fingerprint density at radius 1 is 1.45 bits per heavy atom. The van der Waals surface area contributed by atoms with Gasteiger partial charge in [-0.3, -0.25) is 14.5 Å². The van der Waals surface area contributed by atoms with Gasteiger partial charge in [0.15, 0.2) is 5.13 Å². The molecule has 168 valence electrons. The monoisotopic (exact) mass is 489 g/mol. The highest BCUT2D eigenvalue weighted by Crippen LogP contribution is 2.40. The molecule has 0 spiro atoms. The van der Waals surface area contributed by atoms with Crippen molar-refractivity contribution in [3.63, 3.8) is 0 Å². The van der Waals surface area contributed by atoms with Gasteiger partial charge in [-0.15, -0.1) is 35.5 Å². The van der Waals surface area contributed by atoms with Crippen molar-refractivity contribution in [2.45, 2.75) is 24.8 Å². The number of hydrogen-bond donors (Lipinski definition) is 4. The molecule has 2 aliphatic heterocycles. The van der Waals surface area contributed by atoms with Crippen LogP contribution in [0, 0.1) is 0 Å². The zero-order chi connectivity index (χ0) is 22.0. The Balaban J connectivity index is 0.00000341. The molecule has 6 N–H and O–H groups in total. The first-order valence-electron chi connectivity index (χ1n) is 8.79. The summed E-state index contributed by atoms with van der Waals surface area (Å²) in [5.41, 5.74) is 11.3. The Morgan fingerprint density at radius 2 is 2.16 bits per heavy atom. The number of amides is 3. The number of aromatic nitrogens is 1. The third-order valence-corrected chi connectivity index (χ3v) is 6.39. The van der Waals surface area contributed by atoms with Crippen LogP contribution in [0.25, 0.3) is 5.57 Å². The van der Waals surface area contributed by atoms with Crippen LogP contribution in [0.5, 0.6) is 0 Å². The molecule has 0 aliphatic carbocycles. The molecule has 2 aliphatic rings. The Labute approximate surface area is 191 Å². The summed E-state index contributed by atoms with van der Waals surface area (Å²) in [4.78, 5) is 53.2. The number of thioether (sulfide) groups is 1. The molecule has 0 aromatic carbocycles. The largest absolute Gasteiger partial charge is 0.477 e. The van der Waals surface area contributed by atoms with Crippen molar-refractivity contribution in [3.8, 4) is 0 Å². The van der Waals surface area contributed by atoms with E-state index >= 15 is 0 Å². The number of aliphatic carboxylic acids is 1. The maximum atomic E-state index is 12.8. The van der Waals surface area contributed by atoms with E-state index in [4.69, 9.17) is 11.5 Å². The number of fused-ring (bicyclic) bond motifs is 1. The number of carboxylic acids is 1. The van der Waals surface area contributed by atoms with Crippen molar-refractivity contribution in [3.05, 3.63) is 28.4 Å². The van der Waals surface area contributed by atoms with E-state index in [9.17, 15) is 24.3 Å². The molecule has 1 fully saturated rings. The second kappa shape index (κ2) is 10.0. The predicted octanol–water partition coefficient (Wildman–Crippen LogP) is 0.774. The molecule has 3 amide bonds. The standard InChI is InChI=1S/C17H19N5O6S2.ClH/c1-2-3-8(9-6-30-16(18)20-9)12(23)21-10-13(24)22-11(15(25)26)7(4-28-17(19)27)5-29-14(10)22;/h3,6,10,14H,2,4-5H2,1H3,(H2,18,20)(H2,19,27)(H,21,23)(H,25,26);1H/t10-,14-;/m1./s1. The minimum atomic E-state index is -1.33. The molecule has 0 bridgehead atoms. The van der Waals surface area contributed by atoms with Gasteiger partial charge in [-0.2, -0.15) is 0 Å². The van der Waals surface area contributed by atoms with E-state index in [1.54, 1.807) is 11.5 Å². The molecule has 31 heavy (non-hydrogen) atoms. The average Bonchev–Trinajstić information content (AvgIpc) is 3.13. The summed E-state index contributed by atoms with van der Waals surface area (Å²) >= 11 is 2.45. The molecule has 3 heterocycles. The van der Waals surface area contributed by atoms with Crippen molar-refractivity contribution in [2.75, 3.05) is 18.1 Å². The minimum Gasteiger partial charge on any atom is -0.477 e. The summed E-state index contributed by atoms with van der Waals surface area (Å²) < 4.78 is 4.68. The number of nitrogen functional groups attached to an aromatic ring is 1. The molecule has 0 unspecified atom stereocenters. The van der Waals surface area contributed by atoms with Gasteiger partial charge in [0, 0.05) is 16.7 Å². The van der Waals surface area contributed by atoms with Gasteiger partial charge >= 0.3 is 12.1 Å². The van der Waals surface area contributed by atoms with Crippen LogP contribution in [0.1, 0.15) is 19.0 Å². The number of nitrogens with one attached hydrogen (secondary N) is 1. The van der Waals surface area contributed by atoms with Crippen molar-refractivity contribution >= 4 is 70.1 Å². The van der Waals surface area contributed by atoms with Crippen molar-refractivity contribution < 1.29 is 29.0 Å². The summed E-state index contributed by atoms with van der Waals surface area (Å²) in [6, 6.07) is -0.897. The van der Waals surface area contributed by atoms with Gasteiger partial charge in [0.25, 0.3) is 11.8 Å². The molecule has 3 rings (SSSR count). The Bertz CT molecular complexity index is 978. The highest BCUT2D eigenvalue weighted by molar-refractivity contribution is 8.00. The number of anilines is 1. The Kier molecular flexibility index (Phi) is 7.92. The van der Waals surface area contributed by atoms with Crippen molar-refractivity contribution in [2.24, 2.45) is 5.73 Å². The molecular weight excluding hydrogens is 470 g/mol. The fraction of sp³-hybridized carbons (Fsp3) is 0.353. The number of halogens is 1. The van der Waals surface area contributed by atoms with E-state index in [0.29, 0.717) is 22.8 Å². The molecular formula is C17H20ClN5O6S2. The van der Waals surface area contributed by atoms with E-state index in [2.05, 4.69) is 15.0 Å². The maximum Gasteiger partial charge on any atom is 0.404 e. The minimum absolute atomic E-state index is 0. The molecule has 2 atom stereocenters. The number of carboxylic acid groups (broad SMARTS) is 1. The molecule has 1 saturated heterocycles. The van der Waals surface area contributed by atoms with Gasteiger partial charge in [-0.1, -0.05) is 13.0 Å². The molecule has 1 aromatic rings. The molecule has 0 radical (unpaired) electrons. The SMILES string of the molecule is CCC=C(C(=O)N[C@@H]1C(=O)N2C(C(=O)O)=C(COC(N)=O)CS[C@H]12)c1csc(N)n1.Cl. The first-order chi connectivity index (χ1) is 14.2. The molecule has 14 heteroatoms. The number of thiazole rings is 1. The lowest BCUT2D eigenvalue weighted by Gasteiger charge is -2.49. The molecule has 0 saturated carbocycles. The number of carbonyl (C=O) groups is 4. The van der Waals surface area contributed by atoms with Gasteiger partial charge in [0.2, 0.25) is 0 Å². The number of hydrogen-bond acceptors (Lipinski definition) is 9. The first-order valence-corrected chi connectivity index (χ1v) is 10.7. The molecule has 1 aromatic heterocycles. The second-order valence-electron chi connectivity index (χ2n) is 6.32. The lowest BCUT2D eigenvalue weighted by atomic mass is 10.0. The highest BCUT2D eigenvalue weighted by atomic mass is 35.5. The van der Waals surface area contributed by atoms with E-state index in [0.717, 1.165) is 4.90 Å². The quantitative estimate of drug-likeness (QED) is 0.318. The maximum absolute atomic E-state index is 12.8. The topological polar surface area (TPSA) is 178 Å². The number of primary amides is 1. The third-order valence-electron chi connectivity index (χ3n) is 4.38. The number of carbonyl (C=O) groups excluding carboxylic acids is 3. The van der Waals surface area contributed by atoms with Gasteiger partial charge in [-0.05, 0) is 6.42 Å². The van der Waals surface area contributed by atoms with E-state index in [1.807, 2.05) is 6.92 Å². The zero-order valence-corrected chi connectivity index (χ0v) is 18.6. The number of allylic oxidation sites excluding steroid dienone is 1. The number of β-lactam (4-membered cyclic amide) rings is 1. The summed E-state index contributed by atoms with van der Waals surface area (Å²) in [6.45, 7) is 1.53. The fourth-order valence-corrected chi connectivity index (χ4v) is 4.99. The highest BCUT2D eigenvalue weighted by Gasteiger charge is 2.54. The van der Waals surface area contributed by atoms with Crippen LogP contribution in [-0.4, -0.2) is 62.6 Å². The van der Waals surface area contributed by atoms with Gasteiger partial charge in [0.1, 0.15) is 23.7 Å². The third kappa shape index (κ3) is 4.94. The predicted molar refractivity (Wildman–Crippen MR) is 117 cm³/mol. The normalized spacial score (nSPS) is 20.4. The van der Waals surface area contributed by atoms with Gasteiger partial charge in [-0.25, -0.2) is 14.6 Å². The second-order valence-corrected chi connectivity index (χ2v) is 8.32. The summed E-state index contributed by atoms with van der Waals surface area (Å²) in [7, 11) is 0. The van der Waals surface area contributed by atoms with Crippen LogP contribution < -0.4 is 16.8 Å². The number of rotatable bonds is 7. The average molecular weight is 490 g/mol. The van der Waals surface area contributed by atoms with E-state index in [1.165, 1.54) is 23.1 Å². The number of nitrogens with zero attached hydrogens (tertiary/aromatic N) is 2. The smallest absolute Gasteiger partial charge is 0.404 e. The summed E-state index contributed by atoms with van der Waals surface area (Å²) in [5.74, 6) is -2.19. The van der Waals surface area contributed by atoms with Crippen LogP contribution in [0.15, 0.2) is 22.7 Å². The summed E-state index contributed by atoms with van der Waals surface area (Å²) in [6.07, 6.45) is 1.20. The van der Waals surface area contributed by atoms with Crippen molar-refractivity contribution in [1.29, 1.82) is 0 Å². The van der Waals surface area contributed by atoms with E-state index < -0.39 is 35.3 Å². The van der Waals surface area contributed by atoms with Crippen LogP contribution in [0.2, 0.25) is 0 Å². The Morgan fingerprint density at radius 3 is 2.71 bits per heavy atom. The lowest BCUT2D eigenvalue weighted by Crippen LogP contribution is -2.70. The lowest BCUT2D eigenvalue weighted by molar-refractivity contribution is -0.150. The first kappa shape index (κ1) is 24.5. The fourth-order valence-electron chi connectivity index (χ4n) is 3.10. The van der Waals surface area contributed by atoms with Crippen molar-refractivity contribution in [1.82, 2.24) is 15.2 Å². The van der Waals surface area contributed by atoms with Crippen LogP contribution in [-0.2, 0) is 19.1 Å².